The molecule has 0 saturated carbocycles. The third-order valence-corrected chi connectivity index (χ3v) is 4.60. The van der Waals surface area contributed by atoms with Gasteiger partial charge >= 0.3 is 6.09 Å². The lowest BCUT2D eigenvalue weighted by molar-refractivity contribution is 0.135. The fourth-order valence-corrected chi connectivity index (χ4v) is 3.14. The molecule has 1 heterocycles. The minimum Gasteiger partial charge on any atom is -0.450 e. The molecular formula is C19H38N2O2. The Bertz CT molecular complexity index is 279. The van der Waals surface area contributed by atoms with Gasteiger partial charge in [0.15, 0.2) is 0 Å². The normalized spacial score (nSPS) is 15.5. The Morgan fingerprint density at radius 3 is 2.26 bits per heavy atom. The summed E-state index contributed by atoms with van der Waals surface area (Å²) in [6.45, 7) is 7.03. The summed E-state index contributed by atoms with van der Waals surface area (Å²) in [5.41, 5.74) is 0. The van der Waals surface area contributed by atoms with Crippen LogP contribution in [0.25, 0.3) is 0 Å². The standard InChI is InChI=1S/C19H38N2O2/c1-2-3-4-5-6-7-8-10-14-20-19(22)23-18-13-17-21-15-11-9-12-16-21/h2-18H2,1H3,(H,20,22). The van der Waals surface area contributed by atoms with Crippen LogP contribution in [0, 0.1) is 0 Å². The van der Waals surface area contributed by atoms with Gasteiger partial charge in [-0.1, -0.05) is 58.3 Å². The van der Waals surface area contributed by atoms with Gasteiger partial charge in [-0.25, -0.2) is 4.79 Å². The highest BCUT2D eigenvalue weighted by atomic mass is 16.5. The average molecular weight is 327 g/mol. The molecule has 0 bridgehead atoms. The summed E-state index contributed by atoms with van der Waals surface area (Å²) >= 11 is 0. The molecule has 1 saturated heterocycles. The fraction of sp³-hybridized carbons (Fsp3) is 0.947. The van der Waals surface area contributed by atoms with E-state index < -0.39 is 0 Å². The van der Waals surface area contributed by atoms with Crippen LogP contribution in [-0.2, 0) is 4.74 Å². The molecule has 1 rings (SSSR count). The van der Waals surface area contributed by atoms with Gasteiger partial charge in [0.2, 0.25) is 0 Å². The number of nitrogens with zero attached hydrogens (tertiary/aromatic N) is 1. The first-order valence-corrected chi connectivity index (χ1v) is 9.96. The maximum absolute atomic E-state index is 11.6. The fourth-order valence-electron chi connectivity index (χ4n) is 3.14. The number of likely N-dealkylation sites (tertiary alicyclic amines) is 1. The van der Waals surface area contributed by atoms with Crippen molar-refractivity contribution in [2.75, 3.05) is 32.8 Å². The molecule has 0 unspecified atom stereocenters. The second-order valence-corrected chi connectivity index (χ2v) is 6.79. The Hall–Kier alpha value is -0.770. The van der Waals surface area contributed by atoms with Crippen LogP contribution in [0.5, 0.6) is 0 Å². The number of piperidine rings is 1. The topological polar surface area (TPSA) is 41.6 Å². The third-order valence-electron chi connectivity index (χ3n) is 4.60. The summed E-state index contributed by atoms with van der Waals surface area (Å²) in [5.74, 6) is 0. The summed E-state index contributed by atoms with van der Waals surface area (Å²) in [7, 11) is 0. The molecule has 1 N–H and O–H groups in total. The Kier molecular flexibility index (Phi) is 13.0. The van der Waals surface area contributed by atoms with Crippen molar-refractivity contribution in [2.24, 2.45) is 0 Å². The molecule has 0 spiro atoms. The lowest BCUT2D eigenvalue weighted by Crippen LogP contribution is -2.32. The van der Waals surface area contributed by atoms with E-state index in [2.05, 4.69) is 17.1 Å². The van der Waals surface area contributed by atoms with Crippen LogP contribution in [-0.4, -0.2) is 43.8 Å². The number of amides is 1. The van der Waals surface area contributed by atoms with Crippen molar-refractivity contribution in [3.05, 3.63) is 0 Å². The van der Waals surface area contributed by atoms with Crippen LogP contribution < -0.4 is 5.32 Å². The van der Waals surface area contributed by atoms with E-state index in [1.807, 2.05) is 0 Å². The Morgan fingerprint density at radius 2 is 1.57 bits per heavy atom. The van der Waals surface area contributed by atoms with Crippen molar-refractivity contribution in [2.45, 2.75) is 84.0 Å². The quantitative estimate of drug-likeness (QED) is 0.498. The van der Waals surface area contributed by atoms with Crippen LogP contribution in [0.3, 0.4) is 0 Å². The van der Waals surface area contributed by atoms with E-state index in [0.29, 0.717) is 6.61 Å². The molecule has 0 radical (unpaired) electrons. The van der Waals surface area contributed by atoms with Crippen LogP contribution in [0.2, 0.25) is 0 Å². The van der Waals surface area contributed by atoms with E-state index >= 15 is 0 Å². The molecule has 1 fully saturated rings. The molecule has 4 heteroatoms. The van der Waals surface area contributed by atoms with Gasteiger partial charge < -0.3 is 15.0 Å². The number of nitrogens with one attached hydrogen (secondary N) is 1. The van der Waals surface area contributed by atoms with Gasteiger partial charge in [-0.2, -0.15) is 0 Å². The van der Waals surface area contributed by atoms with Gasteiger partial charge in [-0.05, 0) is 38.8 Å². The van der Waals surface area contributed by atoms with E-state index in [4.69, 9.17) is 4.74 Å². The maximum atomic E-state index is 11.6. The maximum Gasteiger partial charge on any atom is 0.407 e. The number of hydrogen-bond donors (Lipinski definition) is 1. The van der Waals surface area contributed by atoms with Crippen molar-refractivity contribution >= 4 is 6.09 Å². The van der Waals surface area contributed by atoms with Gasteiger partial charge in [0.1, 0.15) is 0 Å². The molecule has 0 aromatic carbocycles. The first-order valence-electron chi connectivity index (χ1n) is 9.96. The third kappa shape index (κ3) is 12.3. The van der Waals surface area contributed by atoms with E-state index in [0.717, 1.165) is 25.9 Å². The van der Waals surface area contributed by atoms with Gasteiger partial charge in [-0.15, -0.1) is 0 Å². The second kappa shape index (κ2) is 14.8. The minimum atomic E-state index is -0.244. The summed E-state index contributed by atoms with van der Waals surface area (Å²) in [6, 6.07) is 0. The zero-order chi connectivity index (χ0) is 16.6. The number of unbranched alkanes of at least 4 members (excludes halogenated alkanes) is 7. The molecule has 1 amide bonds. The first-order chi connectivity index (χ1) is 11.3. The molecule has 0 aromatic heterocycles. The Balaban J connectivity index is 1.79. The Labute approximate surface area is 143 Å². The van der Waals surface area contributed by atoms with Gasteiger partial charge in [0.05, 0.1) is 6.61 Å². The van der Waals surface area contributed by atoms with Gasteiger partial charge in [-0.3, -0.25) is 0 Å². The van der Waals surface area contributed by atoms with Gasteiger partial charge in [0.25, 0.3) is 0 Å². The predicted molar refractivity (Wildman–Crippen MR) is 96.9 cm³/mol. The van der Waals surface area contributed by atoms with Crippen LogP contribution in [0.1, 0.15) is 84.0 Å². The zero-order valence-corrected chi connectivity index (χ0v) is 15.3. The Morgan fingerprint density at radius 1 is 0.913 bits per heavy atom. The molecule has 23 heavy (non-hydrogen) atoms. The smallest absolute Gasteiger partial charge is 0.407 e. The highest BCUT2D eigenvalue weighted by Gasteiger charge is 2.09. The van der Waals surface area contributed by atoms with E-state index in [9.17, 15) is 4.79 Å². The van der Waals surface area contributed by atoms with Crippen LogP contribution in [0.4, 0.5) is 4.79 Å². The largest absolute Gasteiger partial charge is 0.450 e. The predicted octanol–water partition coefficient (Wildman–Crippen LogP) is 4.73. The summed E-state index contributed by atoms with van der Waals surface area (Å²) in [4.78, 5) is 14.0. The summed E-state index contributed by atoms with van der Waals surface area (Å²) in [6.07, 6.45) is 15.0. The molecule has 136 valence electrons. The summed E-state index contributed by atoms with van der Waals surface area (Å²) in [5, 5.41) is 2.86. The number of rotatable bonds is 13. The van der Waals surface area contributed by atoms with Crippen LogP contribution in [0.15, 0.2) is 0 Å². The molecular weight excluding hydrogens is 288 g/mol. The number of alkyl carbamates (subject to hydrolysis) is 1. The van der Waals surface area contributed by atoms with Crippen molar-refractivity contribution < 1.29 is 9.53 Å². The molecule has 1 aliphatic rings. The lowest BCUT2D eigenvalue weighted by atomic mass is 10.1. The SMILES string of the molecule is CCCCCCCCCCNC(=O)OCCCN1CCCCC1. The second-order valence-electron chi connectivity index (χ2n) is 6.79. The number of hydrogen-bond acceptors (Lipinski definition) is 3. The lowest BCUT2D eigenvalue weighted by Gasteiger charge is -2.26. The molecule has 1 aliphatic heterocycles. The molecule has 0 aromatic rings. The van der Waals surface area contributed by atoms with Crippen molar-refractivity contribution in [1.29, 1.82) is 0 Å². The van der Waals surface area contributed by atoms with Crippen molar-refractivity contribution in [3.63, 3.8) is 0 Å². The number of carbonyl (C=O) groups excluding carboxylic acids is 1. The van der Waals surface area contributed by atoms with Crippen molar-refractivity contribution in [3.8, 4) is 0 Å². The molecule has 0 aliphatic carbocycles. The number of ether oxygens (including phenoxy) is 1. The highest BCUT2D eigenvalue weighted by Crippen LogP contribution is 2.09. The minimum absolute atomic E-state index is 0.244. The average Bonchev–Trinajstić information content (AvgIpc) is 2.58. The zero-order valence-electron chi connectivity index (χ0n) is 15.3. The van der Waals surface area contributed by atoms with Crippen molar-refractivity contribution in [1.82, 2.24) is 10.2 Å². The van der Waals surface area contributed by atoms with E-state index in [1.165, 1.54) is 77.3 Å². The van der Waals surface area contributed by atoms with Crippen LogP contribution >= 0.6 is 0 Å². The monoisotopic (exact) mass is 326 g/mol. The first kappa shape index (κ1) is 20.3. The summed E-state index contributed by atoms with van der Waals surface area (Å²) < 4.78 is 5.23. The van der Waals surface area contributed by atoms with E-state index in [-0.39, 0.29) is 6.09 Å². The van der Waals surface area contributed by atoms with E-state index in [1.54, 1.807) is 0 Å². The molecule has 0 atom stereocenters. The molecule has 4 nitrogen and oxygen atoms in total. The van der Waals surface area contributed by atoms with Gasteiger partial charge in [0, 0.05) is 13.1 Å². The number of carbonyl (C=O) groups is 1. The highest BCUT2D eigenvalue weighted by molar-refractivity contribution is 5.66.